The second-order valence-electron chi connectivity index (χ2n) is 3.94. The number of nitrogens with two attached hydrogens (primary N) is 2. The molecule has 0 aromatic rings. The smallest absolute Gasteiger partial charge is 0.330 e. The van der Waals surface area contributed by atoms with Crippen LogP contribution in [0.25, 0.3) is 0 Å². The van der Waals surface area contributed by atoms with E-state index in [4.69, 9.17) is 25.0 Å². The van der Waals surface area contributed by atoms with E-state index < -0.39 is 13.7 Å². The summed E-state index contributed by atoms with van der Waals surface area (Å²) >= 11 is 0. The van der Waals surface area contributed by atoms with Crippen molar-refractivity contribution in [3.63, 3.8) is 0 Å². The number of phosphoric acid groups is 1. The Bertz CT molecular complexity index is 276. The van der Waals surface area contributed by atoms with E-state index in [9.17, 15) is 4.57 Å². The molecule has 3 aliphatic rings. The largest absolute Gasteiger partial charge is 0.482 e. The fourth-order valence-corrected chi connectivity index (χ4v) is 3.43. The van der Waals surface area contributed by atoms with Crippen molar-refractivity contribution in [2.45, 2.75) is 44.1 Å². The van der Waals surface area contributed by atoms with Gasteiger partial charge in [-0.3, -0.25) is 10.3 Å². The SMILES string of the molecule is NCCCCCCC1OP2(=O)OC1(N)O2. The van der Waals surface area contributed by atoms with E-state index in [1.54, 1.807) is 0 Å². The molecular formula is C8H17N2O4P. The molecule has 0 aliphatic carbocycles. The average molecular weight is 236 g/mol. The van der Waals surface area contributed by atoms with Crippen LogP contribution in [0.5, 0.6) is 0 Å². The maximum absolute atomic E-state index is 11.3. The Morgan fingerprint density at radius 1 is 1.20 bits per heavy atom. The van der Waals surface area contributed by atoms with Crippen molar-refractivity contribution in [1.82, 2.24) is 0 Å². The molecule has 15 heavy (non-hydrogen) atoms. The van der Waals surface area contributed by atoms with Crippen LogP contribution in [0.3, 0.4) is 0 Å². The molecule has 88 valence electrons. The monoisotopic (exact) mass is 236 g/mol. The predicted octanol–water partition coefficient (Wildman–Crippen LogP) is 1.06. The molecule has 0 amide bonds. The molecule has 0 spiro atoms. The van der Waals surface area contributed by atoms with Gasteiger partial charge in [0.2, 0.25) is 0 Å². The summed E-state index contributed by atoms with van der Waals surface area (Å²) in [6, 6.07) is 0. The normalized spacial score (nSPS) is 42.9. The van der Waals surface area contributed by atoms with Crippen LogP contribution in [0.2, 0.25) is 0 Å². The van der Waals surface area contributed by atoms with E-state index in [1.165, 1.54) is 0 Å². The number of hydrogen-bond donors (Lipinski definition) is 2. The third kappa shape index (κ3) is 2.25. The second kappa shape index (κ2) is 4.13. The lowest BCUT2D eigenvalue weighted by Gasteiger charge is -2.31. The van der Waals surface area contributed by atoms with Crippen LogP contribution in [-0.2, 0) is 18.1 Å². The summed E-state index contributed by atoms with van der Waals surface area (Å²) in [5, 5.41) is 0. The standard InChI is InChI=1S/C8H17N2O4P/c9-6-4-2-1-3-5-7-8(10)13-15(11,12-7)14-8/h7H,1-6,9-10H2. The molecule has 3 heterocycles. The van der Waals surface area contributed by atoms with Gasteiger partial charge in [0.1, 0.15) is 6.10 Å². The van der Waals surface area contributed by atoms with E-state index in [0.29, 0.717) is 6.42 Å². The minimum atomic E-state index is -3.23. The lowest BCUT2D eigenvalue weighted by Crippen LogP contribution is -2.52. The number of phosphoric ester groups is 1. The molecule has 0 aromatic carbocycles. The molecule has 1 atom stereocenters. The zero-order valence-corrected chi connectivity index (χ0v) is 9.45. The zero-order valence-electron chi connectivity index (χ0n) is 8.55. The third-order valence-corrected chi connectivity index (χ3v) is 4.17. The predicted molar refractivity (Wildman–Crippen MR) is 53.7 cm³/mol. The highest BCUT2D eigenvalue weighted by Crippen LogP contribution is 2.72. The van der Waals surface area contributed by atoms with Crippen molar-refractivity contribution < 1.29 is 18.1 Å². The topological polar surface area (TPSA) is 96.8 Å². The van der Waals surface area contributed by atoms with Gasteiger partial charge in [0, 0.05) is 0 Å². The van der Waals surface area contributed by atoms with Crippen molar-refractivity contribution in [2.24, 2.45) is 11.5 Å². The van der Waals surface area contributed by atoms with Gasteiger partial charge in [-0.1, -0.05) is 19.3 Å². The Morgan fingerprint density at radius 2 is 1.87 bits per heavy atom. The van der Waals surface area contributed by atoms with E-state index in [1.807, 2.05) is 0 Å². The molecule has 0 aromatic heterocycles. The molecule has 4 N–H and O–H groups in total. The van der Waals surface area contributed by atoms with Crippen LogP contribution in [0.4, 0.5) is 0 Å². The lowest BCUT2D eigenvalue weighted by atomic mass is 10.1. The minimum Gasteiger partial charge on any atom is -0.330 e. The van der Waals surface area contributed by atoms with Gasteiger partial charge >= 0.3 is 7.82 Å². The highest BCUT2D eigenvalue weighted by atomic mass is 31.2. The van der Waals surface area contributed by atoms with Crippen molar-refractivity contribution in [3.05, 3.63) is 0 Å². The van der Waals surface area contributed by atoms with Crippen LogP contribution in [0, 0.1) is 0 Å². The summed E-state index contributed by atoms with van der Waals surface area (Å²) in [6.07, 6.45) is 4.48. The van der Waals surface area contributed by atoms with Crippen LogP contribution in [0.15, 0.2) is 0 Å². The van der Waals surface area contributed by atoms with Gasteiger partial charge in [0.15, 0.2) is 0 Å². The van der Waals surface area contributed by atoms with Gasteiger partial charge in [0.05, 0.1) is 0 Å². The molecule has 6 nitrogen and oxygen atoms in total. The molecule has 0 saturated carbocycles. The van der Waals surface area contributed by atoms with Gasteiger partial charge in [0.25, 0.3) is 5.91 Å². The number of hydrogen-bond acceptors (Lipinski definition) is 6. The molecule has 3 fully saturated rings. The number of fused-ring (bicyclic) bond motifs is 1. The fraction of sp³-hybridized carbons (Fsp3) is 1.00. The first kappa shape index (κ1) is 11.5. The molecule has 7 heteroatoms. The summed E-state index contributed by atoms with van der Waals surface area (Å²) in [7, 11) is -3.23. The van der Waals surface area contributed by atoms with Crippen LogP contribution in [-0.4, -0.2) is 18.6 Å². The van der Waals surface area contributed by atoms with Gasteiger partial charge in [-0.2, -0.15) is 0 Å². The molecule has 1 unspecified atom stereocenters. The van der Waals surface area contributed by atoms with E-state index in [0.717, 1.165) is 32.2 Å². The molecule has 0 radical (unpaired) electrons. The highest BCUT2D eigenvalue weighted by molar-refractivity contribution is 7.50. The highest BCUT2D eigenvalue weighted by Gasteiger charge is 2.69. The van der Waals surface area contributed by atoms with Gasteiger partial charge < -0.3 is 5.73 Å². The first-order valence-electron chi connectivity index (χ1n) is 5.27. The summed E-state index contributed by atoms with van der Waals surface area (Å²) < 4.78 is 26.1. The molecule has 3 saturated heterocycles. The molecular weight excluding hydrogens is 219 g/mol. The van der Waals surface area contributed by atoms with Crippen LogP contribution in [0.1, 0.15) is 32.1 Å². The Kier molecular flexibility index (Phi) is 3.17. The molecule has 3 rings (SSSR count). The summed E-state index contributed by atoms with van der Waals surface area (Å²) in [5.41, 5.74) is 11.0. The van der Waals surface area contributed by atoms with E-state index in [-0.39, 0.29) is 6.10 Å². The van der Waals surface area contributed by atoms with Gasteiger partial charge in [-0.15, -0.1) is 0 Å². The molecule has 3 aliphatic heterocycles. The van der Waals surface area contributed by atoms with Crippen LogP contribution < -0.4 is 11.5 Å². The van der Waals surface area contributed by atoms with Crippen molar-refractivity contribution in [1.29, 1.82) is 0 Å². The summed E-state index contributed by atoms with van der Waals surface area (Å²) in [6.45, 7) is 0.724. The Balaban J connectivity index is 1.67. The van der Waals surface area contributed by atoms with Crippen molar-refractivity contribution in [2.75, 3.05) is 6.54 Å². The minimum absolute atomic E-state index is 0.388. The van der Waals surface area contributed by atoms with E-state index in [2.05, 4.69) is 0 Å². The first-order valence-corrected chi connectivity index (χ1v) is 6.73. The van der Waals surface area contributed by atoms with Crippen LogP contribution >= 0.6 is 7.82 Å². The Hall–Kier alpha value is 0.0300. The van der Waals surface area contributed by atoms with Gasteiger partial charge in [-0.05, 0) is 19.4 Å². The van der Waals surface area contributed by atoms with Crippen molar-refractivity contribution in [3.8, 4) is 0 Å². The maximum atomic E-state index is 11.3. The zero-order chi connectivity index (χ0) is 10.9. The summed E-state index contributed by atoms with van der Waals surface area (Å²) in [5.74, 6) is -1.25. The Morgan fingerprint density at radius 3 is 2.40 bits per heavy atom. The van der Waals surface area contributed by atoms with E-state index >= 15 is 0 Å². The average Bonchev–Trinajstić information content (AvgIpc) is 2.50. The van der Waals surface area contributed by atoms with Gasteiger partial charge in [-0.25, -0.2) is 13.6 Å². The first-order chi connectivity index (χ1) is 7.08. The number of unbranched alkanes of at least 4 members (excludes halogenated alkanes) is 3. The maximum Gasteiger partial charge on any atom is 0.482 e. The van der Waals surface area contributed by atoms with Crippen molar-refractivity contribution >= 4 is 7.82 Å². The summed E-state index contributed by atoms with van der Waals surface area (Å²) in [4.78, 5) is 0. The quantitative estimate of drug-likeness (QED) is 0.528. The molecule has 2 bridgehead atoms. The third-order valence-electron chi connectivity index (χ3n) is 2.63. The Labute approximate surface area is 88.9 Å². The second-order valence-corrected chi connectivity index (χ2v) is 5.41. The lowest BCUT2D eigenvalue weighted by molar-refractivity contribution is -0.179. The number of rotatable bonds is 6. The fourth-order valence-electron chi connectivity index (χ4n) is 1.83.